The van der Waals surface area contributed by atoms with Gasteiger partial charge in [-0.2, -0.15) is 0 Å². The number of hydrogen-bond acceptors (Lipinski definition) is 2. The molecule has 30 heavy (non-hydrogen) atoms. The van der Waals surface area contributed by atoms with Crippen LogP contribution in [0.15, 0.2) is 78.9 Å². The molecule has 150 valence electrons. The van der Waals surface area contributed by atoms with Crippen LogP contribution in [0.1, 0.15) is 32.0 Å². The van der Waals surface area contributed by atoms with Crippen LogP contribution in [0, 0.1) is 6.92 Å². The Kier molecular flexibility index (Phi) is 5.35. The van der Waals surface area contributed by atoms with Gasteiger partial charge < -0.3 is 15.2 Å². The molecule has 5 nitrogen and oxygen atoms in total. The lowest BCUT2D eigenvalue weighted by molar-refractivity contribution is 0.0963. The van der Waals surface area contributed by atoms with E-state index in [1.807, 2.05) is 84.3 Å². The maximum Gasteiger partial charge on any atom is 0.272 e. The van der Waals surface area contributed by atoms with E-state index in [0.29, 0.717) is 23.5 Å². The van der Waals surface area contributed by atoms with Crippen molar-refractivity contribution < 1.29 is 9.59 Å². The van der Waals surface area contributed by atoms with Gasteiger partial charge in [0.05, 0.1) is 11.3 Å². The lowest BCUT2D eigenvalue weighted by Crippen LogP contribution is -2.23. The monoisotopic (exact) mass is 397 g/mol. The molecule has 3 aromatic carbocycles. The number of aromatic nitrogens is 1. The first-order valence-corrected chi connectivity index (χ1v) is 9.83. The topological polar surface area (TPSA) is 63.1 Å². The average molecular weight is 397 g/mol. The summed E-state index contributed by atoms with van der Waals surface area (Å²) in [4.78, 5) is 25.7. The number of nitrogens with zero attached hydrogens (tertiary/aromatic N) is 1. The zero-order valence-electron chi connectivity index (χ0n) is 17.0. The fourth-order valence-corrected chi connectivity index (χ4v) is 3.72. The summed E-state index contributed by atoms with van der Waals surface area (Å²) in [5, 5.41) is 6.59. The van der Waals surface area contributed by atoms with E-state index in [2.05, 4.69) is 10.6 Å². The quantitative estimate of drug-likeness (QED) is 0.517. The molecule has 4 aromatic rings. The minimum Gasteiger partial charge on any atom is -0.355 e. The Hall–Kier alpha value is -3.86. The number of carbonyl (C=O) groups is 2. The molecule has 0 fully saturated rings. The Morgan fingerprint density at radius 2 is 1.60 bits per heavy atom. The summed E-state index contributed by atoms with van der Waals surface area (Å²) in [6.45, 7) is 2.43. The number of para-hydroxylation sites is 1. The van der Waals surface area contributed by atoms with Gasteiger partial charge in [-0.3, -0.25) is 9.59 Å². The molecular formula is C25H23N3O2. The Morgan fingerprint density at radius 3 is 2.37 bits per heavy atom. The molecule has 2 amide bonds. The number of carbonyl (C=O) groups excluding carboxylic acids is 2. The maximum absolute atomic E-state index is 13.3. The summed E-state index contributed by atoms with van der Waals surface area (Å²) >= 11 is 0. The van der Waals surface area contributed by atoms with Crippen molar-refractivity contribution in [2.24, 2.45) is 0 Å². The van der Waals surface area contributed by atoms with Gasteiger partial charge in [0.2, 0.25) is 0 Å². The van der Waals surface area contributed by atoms with Crippen LogP contribution >= 0.6 is 0 Å². The molecule has 0 aliphatic rings. The molecule has 0 unspecified atom stereocenters. The zero-order chi connectivity index (χ0) is 21.1. The molecule has 0 atom stereocenters. The van der Waals surface area contributed by atoms with Gasteiger partial charge in [0, 0.05) is 24.5 Å². The largest absolute Gasteiger partial charge is 0.355 e. The van der Waals surface area contributed by atoms with E-state index in [4.69, 9.17) is 0 Å². The van der Waals surface area contributed by atoms with E-state index in [9.17, 15) is 9.59 Å². The van der Waals surface area contributed by atoms with Crippen LogP contribution in [0.3, 0.4) is 0 Å². The van der Waals surface area contributed by atoms with E-state index in [1.165, 1.54) is 0 Å². The van der Waals surface area contributed by atoms with Gasteiger partial charge in [-0.25, -0.2) is 0 Å². The number of rotatable bonds is 5. The summed E-state index contributed by atoms with van der Waals surface area (Å²) in [7, 11) is 1.58. The molecule has 0 aliphatic heterocycles. The highest BCUT2D eigenvalue weighted by Gasteiger charge is 2.19. The first-order chi connectivity index (χ1) is 14.6. The molecule has 0 spiro atoms. The van der Waals surface area contributed by atoms with Crippen LogP contribution in [0.5, 0.6) is 0 Å². The number of benzene rings is 3. The number of anilines is 1. The number of hydrogen-bond donors (Lipinski definition) is 2. The standard InChI is InChI=1S/C25H23N3O2/c1-17-9-8-13-20(23(17)25(30)26-2)27-24(29)22-15-19-12-6-7-14-21(19)28(22)16-18-10-4-3-5-11-18/h3-15H,16H2,1-2H3,(H,26,30)(H,27,29). The van der Waals surface area contributed by atoms with Crippen molar-refractivity contribution in [1.29, 1.82) is 0 Å². The predicted molar refractivity (Wildman–Crippen MR) is 120 cm³/mol. The molecule has 0 radical (unpaired) electrons. The van der Waals surface area contributed by atoms with Crippen molar-refractivity contribution in [3.05, 3.63) is 101 Å². The third-order valence-electron chi connectivity index (χ3n) is 5.20. The average Bonchev–Trinajstić information content (AvgIpc) is 3.13. The van der Waals surface area contributed by atoms with Gasteiger partial charge in [0.1, 0.15) is 5.69 Å². The highest BCUT2D eigenvalue weighted by molar-refractivity contribution is 6.10. The molecule has 0 saturated carbocycles. The zero-order valence-corrected chi connectivity index (χ0v) is 17.0. The maximum atomic E-state index is 13.3. The van der Waals surface area contributed by atoms with E-state index in [-0.39, 0.29) is 11.8 Å². The first-order valence-electron chi connectivity index (χ1n) is 9.83. The number of aryl methyl sites for hydroxylation is 1. The normalized spacial score (nSPS) is 10.7. The second kappa shape index (κ2) is 8.25. The minimum absolute atomic E-state index is 0.228. The molecule has 2 N–H and O–H groups in total. The minimum atomic E-state index is -0.252. The molecule has 0 saturated heterocycles. The SMILES string of the molecule is CNC(=O)c1c(C)cccc1NC(=O)c1cc2ccccc2n1Cc1ccccc1. The highest BCUT2D eigenvalue weighted by Crippen LogP contribution is 2.24. The molecule has 0 bridgehead atoms. The molecule has 1 heterocycles. The van der Waals surface area contributed by atoms with Gasteiger partial charge in [0.15, 0.2) is 0 Å². The molecule has 0 aliphatic carbocycles. The van der Waals surface area contributed by atoms with Crippen molar-refractivity contribution in [2.45, 2.75) is 13.5 Å². The Bertz CT molecular complexity index is 1230. The van der Waals surface area contributed by atoms with E-state index >= 15 is 0 Å². The van der Waals surface area contributed by atoms with Gasteiger partial charge >= 0.3 is 0 Å². The van der Waals surface area contributed by atoms with Crippen LogP contribution in [0.4, 0.5) is 5.69 Å². The fourth-order valence-electron chi connectivity index (χ4n) is 3.72. The van der Waals surface area contributed by atoms with Crippen LogP contribution < -0.4 is 10.6 Å². The lowest BCUT2D eigenvalue weighted by atomic mass is 10.1. The Labute approximate surface area is 175 Å². The van der Waals surface area contributed by atoms with E-state index < -0.39 is 0 Å². The number of fused-ring (bicyclic) bond motifs is 1. The second-order valence-electron chi connectivity index (χ2n) is 7.19. The number of amides is 2. The van der Waals surface area contributed by atoms with Crippen LogP contribution in [-0.4, -0.2) is 23.4 Å². The summed E-state index contributed by atoms with van der Waals surface area (Å²) in [5.41, 5.74) is 4.41. The number of nitrogens with one attached hydrogen (secondary N) is 2. The van der Waals surface area contributed by atoms with E-state index in [0.717, 1.165) is 22.0 Å². The Balaban J connectivity index is 1.75. The van der Waals surface area contributed by atoms with Crippen molar-refractivity contribution in [3.8, 4) is 0 Å². The van der Waals surface area contributed by atoms with E-state index in [1.54, 1.807) is 13.1 Å². The third kappa shape index (κ3) is 3.70. The fraction of sp³-hybridized carbons (Fsp3) is 0.120. The van der Waals surface area contributed by atoms with Gasteiger partial charge in [0.25, 0.3) is 11.8 Å². The smallest absolute Gasteiger partial charge is 0.272 e. The van der Waals surface area contributed by atoms with Crippen LogP contribution in [0.2, 0.25) is 0 Å². The summed E-state index contributed by atoms with van der Waals surface area (Å²) in [6.07, 6.45) is 0. The predicted octanol–water partition coefficient (Wildman–Crippen LogP) is 4.61. The highest BCUT2D eigenvalue weighted by atomic mass is 16.2. The summed E-state index contributed by atoms with van der Waals surface area (Å²) < 4.78 is 2.01. The van der Waals surface area contributed by atoms with Crippen molar-refractivity contribution in [1.82, 2.24) is 9.88 Å². The molecule has 5 heteroatoms. The third-order valence-corrected chi connectivity index (χ3v) is 5.20. The van der Waals surface area contributed by atoms with Gasteiger partial charge in [-0.15, -0.1) is 0 Å². The van der Waals surface area contributed by atoms with Gasteiger partial charge in [-0.05, 0) is 36.2 Å². The van der Waals surface area contributed by atoms with Crippen molar-refractivity contribution in [3.63, 3.8) is 0 Å². The Morgan fingerprint density at radius 1 is 0.867 bits per heavy atom. The molecule has 4 rings (SSSR count). The van der Waals surface area contributed by atoms with Crippen LogP contribution in [-0.2, 0) is 6.54 Å². The second-order valence-corrected chi connectivity index (χ2v) is 7.19. The van der Waals surface area contributed by atoms with Crippen molar-refractivity contribution in [2.75, 3.05) is 12.4 Å². The summed E-state index contributed by atoms with van der Waals surface area (Å²) in [5.74, 6) is -0.480. The van der Waals surface area contributed by atoms with Crippen LogP contribution in [0.25, 0.3) is 10.9 Å². The molecule has 1 aromatic heterocycles. The van der Waals surface area contributed by atoms with Gasteiger partial charge in [-0.1, -0.05) is 60.7 Å². The van der Waals surface area contributed by atoms with Crippen molar-refractivity contribution >= 4 is 28.4 Å². The first kappa shape index (κ1) is 19.5. The molecular weight excluding hydrogens is 374 g/mol. The summed E-state index contributed by atoms with van der Waals surface area (Å²) in [6, 6.07) is 25.3. The lowest BCUT2D eigenvalue weighted by Gasteiger charge is -2.14.